The molecule has 3 aliphatic rings. The quantitative estimate of drug-likeness (QED) is 0.407. The SMILES string of the molecule is O=C1N[C@@H]2[C@@H](O)[C@@H](O)[C@H](O)C[C@H]2c2cc3c(c(O)c21)OCCO3. The minimum absolute atomic E-state index is 0.0614. The maximum absolute atomic E-state index is 12.4. The van der Waals surface area contributed by atoms with Crippen molar-refractivity contribution in [2.75, 3.05) is 13.2 Å². The van der Waals surface area contributed by atoms with Crippen LogP contribution in [0.2, 0.25) is 0 Å². The van der Waals surface area contributed by atoms with Crippen LogP contribution in [-0.4, -0.2) is 63.9 Å². The molecule has 0 aromatic heterocycles. The van der Waals surface area contributed by atoms with Crippen LogP contribution in [0.1, 0.15) is 28.3 Å². The number of benzene rings is 1. The number of fused-ring (bicyclic) bond motifs is 4. The van der Waals surface area contributed by atoms with E-state index in [0.29, 0.717) is 17.9 Å². The first-order valence-electron chi connectivity index (χ1n) is 7.49. The molecule has 23 heavy (non-hydrogen) atoms. The number of phenols is 1. The molecule has 1 aliphatic carbocycles. The molecule has 2 heterocycles. The fraction of sp³-hybridized carbons (Fsp3) is 0.533. The van der Waals surface area contributed by atoms with Gasteiger partial charge in [0, 0.05) is 5.92 Å². The summed E-state index contributed by atoms with van der Waals surface area (Å²) >= 11 is 0. The van der Waals surface area contributed by atoms with Gasteiger partial charge in [-0.15, -0.1) is 0 Å². The summed E-state index contributed by atoms with van der Waals surface area (Å²) < 4.78 is 10.8. The van der Waals surface area contributed by atoms with Gasteiger partial charge in [0.05, 0.1) is 17.7 Å². The van der Waals surface area contributed by atoms with Crippen molar-refractivity contribution in [1.82, 2.24) is 5.32 Å². The number of aliphatic hydroxyl groups excluding tert-OH is 3. The Bertz CT molecular complexity index is 676. The summed E-state index contributed by atoms with van der Waals surface area (Å²) in [6, 6.07) is 0.868. The lowest BCUT2D eigenvalue weighted by Crippen LogP contribution is -2.61. The minimum atomic E-state index is -1.33. The van der Waals surface area contributed by atoms with Crippen LogP contribution in [0.5, 0.6) is 17.2 Å². The van der Waals surface area contributed by atoms with Gasteiger partial charge in [-0.25, -0.2) is 0 Å². The monoisotopic (exact) mass is 323 g/mol. The number of amides is 1. The second kappa shape index (κ2) is 4.98. The summed E-state index contributed by atoms with van der Waals surface area (Å²) in [6.07, 6.45) is -3.60. The van der Waals surface area contributed by atoms with Crippen LogP contribution in [-0.2, 0) is 0 Å². The van der Waals surface area contributed by atoms with Crippen LogP contribution in [0.4, 0.5) is 0 Å². The summed E-state index contributed by atoms with van der Waals surface area (Å²) in [5.74, 6) is -0.851. The molecule has 0 saturated heterocycles. The molecular weight excluding hydrogens is 306 g/mol. The van der Waals surface area contributed by atoms with Crippen molar-refractivity contribution in [3.63, 3.8) is 0 Å². The van der Waals surface area contributed by atoms with Crippen molar-refractivity contribution >= 4 is 5.91 Å². The largest absolute Gasteiger partial charge is 0.504 e. The van der Waals surface area contributed by atoms with Crippen molar-refractivity contribution in [3.05, 3.63) is 17.2 Å². The standard InChI is InChI=1S/C15H17NO7/c17-7-3-6-5-4-8-14(23-2-1-22-8)12(19)9(5)15(21)16-10(6)13(20)11(7)18/h4,6-7,10-11,13,17-20H,1-3H2,(H,16,21)/t6-,7+,10-,11-,13+/m0/s1. The zero-order chi connectivity index (χ0) is 16.3. The fourth-order valence-electron chi connectivity index (χ4n) is 3.67. The first kappa shape index (κ1) is 14.6. The highest BCUT2D eigenvalue weighted by atomic mass is 16.6. The van der Waals surface area contributed by atoms with Crippen molar-refractivity contribution < 1.29 is 34.7 Å². The molecule has 0 unspecified atom stereocenters. The number of nitrogens with one attached hydrogen (secondary N) is 1. The van der Waals surface area contributed by atoms with Gasteiger partial charge in [0.2, 0.25) is 5.75 Å². The number of phenolic OH excluding ortho intramolecular Hbond substituents is 1. The Morgan fingerprint density at radius 1 is 1.13 bits per heavy atom. The summed E-state index contributed by atoms with van der Waals surface area (Å²) in [4.78, 5) is 12.4. The zero-order valence-electron chi connectivity index (χ0n) is 12.1. The Labute approximate surface area is 131 Å². The smallest absolute Gasteiger partial charge is 0.255 e. The molecule has 1 fully saturated rings. The Morgan fingerprint density at radius 2 is 1.87 bits per heavy atom. The van der Waals surface area contributed by atoms with Crippen LogP contribution < -0.4 is 14.8 Å². The van der Waals surface area contributed by atoms with E-state index in [9.17, 15) is 25.2 Å². The second-order valence-electron chi connectivity index (χ2n) is 6.10. The van der Waals surface area contributed by atoms with Gasteiger partial charge >= 0.3 is 0 Å². The van der Waals surface area contributed by atoms with Gasteiger partial charge < -0.3 is 35.2 Å². The van der Waals surface area contributed by atoms with Gasteiger partial charge in [-0.2, -0.15) is 0 Å². The van der Waals surface area contributed by atoms with E-state index in [-0.39, 0.29) is 30.1 Å². The van der Waals surface area contributed by atoms with E-state index < -0.39 is 36.2 Å². The number of aliphatic hydroxyl groups is 3. The average molecular weight is 323 g/mol. The number of aromatic hydroxyl groups is 1. The molecule has 4 rings (SSSR count). The number of hydrogen-bond acceptors (Lipinski definition) is 7. The molecule has 5 N–H and O–H groups in total. The lowest BCUT2D eigenvalue weighted by molar-refractivity contribution is -0.104. The Morgan fingerprint density at radius 3 is 2.65 bits per heavy atom. The van der Waals surface area contributed by atoms with Crippen molar-refractivity contribution in [3.8, 4) is 17.2 Å². The van der Waals surface area contributed by atoms with E-state index in [1.807, 2.05) is 0 Å². The Kier molecular flexibility index (Phi) is 3.15. The maximum atomic E-state index is 12.4. The van der Waals surface area contributed by atoms with Gasteiger partial charge in [0.25, 0.3) is 5.91 Å². The van der Waals surface area contributed by atoms with Crippen LogP contribution in [0.15, 0.2) is 6.07 Å². The molecule has 1 amide bonds. The molecule has 1 aromatic rings. The van der Waals surface area contributed by atoms with Gasteiger partial charge in [-0.05, 0) is 18.1 Å². The highest BCUT2D eigenvalue weighted by Gasteiger charge is 2.48. The number of ether oxygens (including phenoxy) is 2. The number of carbonyl (C=O) groups is 1. The molecule has 0 spiro atoms. The van der Waals surface area contributed by atoms with Crippen LogP contribution in [0.25, 0.3) is 0 Å². The molecule has 1 aromatic carbocycles. The third-order valence-electron chi connectivity index (χ3n) is 4.80. The van der Waals surface area contributed by atoms with Crippen LogP contribution >= 0.6 is 0 Å². The van der Waals surface area contributed by atoms with Crippen molar-refractivity contribution in [2.24, 2.45) is 0 Å². The molecule has 2 aliphatic heterocycles. The van der Waals surface area contributed by atoms with E-state index in [1.165, 1.54) is 0 Å². The maximum Gasteiger partial charge on any atom is 0.255 e. The molecular formula is C15H17NO7. The third kappa shape index (κ3) is 1.99. The molecule has 124 valence electrons. The second-order valence-corrected chi connectivity index (χ2v) is 6.10. The highest BCUT2D eigenvalue weighted by molar-refractivity contribution is 6.01. The van der Waals surface area contributed by atoms with E-state index >= 15 is 0 Å². The molecule has 8 heteroatoms. The predicted octanol–water partition coefficient (Wildman–Crippen LogP) is -1.15. The van der Waals surface area contributed by atoms with Gasteiger partial charge in [-0.1, -0.05) is 0 Å². The van der Waals surface area contributed by atoms with Crippen LogP contribution in [0.3, 0.4) is 0 Å². The normalized spacial score (nSPS) is 35.1. The molecule has 1 saturated carbocycles. The zero-order valence-corrected chi connectivity index (χ0v) is 12.1. The number of rotatable bonds is 0. The first-order chi connectivity index (χ1) is 11.0. The van der Waals surface area contributed by atoms with Gasteiger partial charge in [0.15, 0.2) is 11.5 Å². The van der Waals surface area contributed by atoms with E-state index in [1.54, 1.807) is 6.07 Å². The lowest BCUT2D eigenvalue weighted by atomic mass is 9.72. The van der Waals surface area contributed by atoms with E-state index in [4.69, 9.17) is 9.47 Å². The van der Waals surface area contributed by atoms with E-state index in [2.05, 4.69) is 5.32 Å². The van der Waals surface area contributed by atoms with Gasteiger partial charge in [0.1, 0.15) is 25.4 Å². The summed E-state index contributed by atoms with van der Waals surface area (Å²) in [6.45, 7) is 0.603. The van der Waals surface area contributed by atoms with E-state index in [0.717, 1.165) is 0 Å². The molecule has 5 atom stereocenters. The van der Waals surface area contributed by atoms with Crippen molar-refractivity contribution in [2.45, 2.75) is 36.7 Å². The Hall–Kier alpha value is -2.03. The topological polar surface area (TPSA) is 128 Å². The third-order valence-corrected chi connectivity index (χ3v) is 4.80. The molecule has 0 bridgehead atoms. The average Bonchev–Trinajstić information content (AvgIpc) is 2.54. The van der Waals surface area contributed by atoms with Gasteiger partial charge in [-0.3, -0.25) is 4.79 Å². The highest BCUT2D eigenvalue weighted by Crippen LogP contribution is 2.49. The van der Waals surface area contributed by atoms with Crippen LogP contribution in [0, 0.1) is 0 Å². The summed E-state index contributed by atoms with van der Waals surface area (Å²) in [7, 11) is 0. The summed E-state index contributed by atoms with van der Waals surface area (Å²) in [5.41, 5.74) is 0.539. The predicted molar refractivity (Wildman–Crippen MR) is 75.7 cm³/mol. The Balaban J connectivity index is 1.86. The lowest BCUT2D eigenvalue weighted by Gasteiger charge is -2.44. The number of carbonyl (C=O) groups excluding carboxylic acids is 1. The molecule has 0 radical (unpaired) electrons. The molecule has 8 nitrogen and oxygen atoms in total. The number of hydrogen-bond donors (Lipinski definition) is 5. The summed E-state index contributed by atoms with van der Waals surface area (Å²) in [5, 5.41) is 42.9. The fourth-order valence-corrected chi connectivity index (χ4v) is 3.67. The first-order valence-corrected chi connectivity index (χ1v) is 7.49. The van der Waals surface area contributed by atoms with Crippen molar-refractivity contribution in [1.29, 1.82) is 0 Å². The minimum Gasteiger partial charge on any atom is -0.504 e.